The van der Waals surface area contributed by atoms with Crippen molar-refractivity contribution in [3.8, 4) is 0 Å². The number of aromatic nitrogens is 1. The van der Waals surface area contributed by atoms with Gasteiger partial charge in [0.15, 0.2) is 5.60 Å². The van der Waals surface area contributed by atoms with Crippen LogP contribution in [0.4, 0.5) is 5.69 Å². The molecule has 0 fully saturated rings. The highest BCUT2D eigenvalue weighted by Crippen LogP contribution is 2.29. The van der Waals surface area contributed by atoms with Crippen molar-refractivity contribution in [3.63, 3.8) is 0 Å². The first-order chi connectivity index (χ1) is 9.97. The van der Waals surface area contributed by atoms with Crippen molar-refractivity contribution in [2.24, 2.45) is 0 Å². The van der Waals surface area contributed by atoms with Gasteiger partial charge in [0.1, 0.15) is 0 Å². The monoisotopic (exact) mass is 304 g/mol. The summed E-state index contributed by atoms with van der Waals surface area (Å²) in [6, 6.07) is 8.48. The van der Waals surface area contributed by atoms with E-state index in [1.165, 1.54) is 0 Å². The van der Waals surface area contributed by atoms with Crippen molar-refractivity contribution in [1.29, 1.82) is 0 Å². The Bertz CT molecular complexity index is 660. The van der Waals surface area contributed by atoms with E-state index < -0.39 is 11.5 Å². The minimum atomic E-state index is -1.63. The third-order valence-electron chi connectivity index (χ3n) is 3.48. The minimum absolute atomic E-state index is 0.235. The molecule has 1 heterocycles. The van der Waals surface area contributed by atoms with Crippen LogP contribution in [-0.4, -0.2) is 16.0 Å². The Morgan fingerprint density at radius 3 is 2.81 bits per heavy atom. The van der Waals surface area contributed by atoms with Gasteiger partial charge < -0.3 is 10.4 Å². The Hall–Kier alpha value is -1.91. The van der Waals surface area contributed by atoms with Gasteiger partial charge in [-0.05, 0) is 42.7 Å². The number of nitrogens with one attached hydrogen (secondary N) is 1. The molecular weight excluding hydrogens is 288 g/mol. The number of carbonyl (C=O) groups is 1. The first-order valence-electron chi connectivity index (χ1n) is 6.68. The number of pyridine rings is 1. The van der Waals surface area contributed by atoms with Gasteiger partial charge in [0, 0.05) is 11.2 Å². The Labute approximate surface area is 128 Å². The molecule has 0 saturated carbocycles. The van der Waals surface area contributed by atoms with E-state index in [2.05, 4.69) is 10.3 Å². The predicted molar refractivity (Wildman–Crippen MR) is 83.2 cm³/mol. The Balaban J connectivity index is 2.32. The fourth-order valence-corrected chi connectivity index (χ4v) is 2.25. The normalized spacial score (nSPS) is 13.5. The third-order valence-corrected chi connectivity index (χ3v) is 3.71. The van der Waals surface area contributed by atoms with Gasteiger partial charge in [-0.3, -0.25) is 9.78 Å². The van der Waals surface area contributed by atoms with Gasteiger partial charge in [0.05, 0.1) is 11.9 Å². The van der Waals surface area contributed by atoms with Crippen molar-refractivity contribution in [2.75, 3.05) is 5.32 Å². The summed E-state index contributed by atoms with van der Waals surface area (Å²) in [5.74, 6) is -0.497. The van der Waals surface area contributed by atoms with Crippen LogP contribution in [0.1, 0.15) is 24.5 Å². The second-order valence-corrected chi connectivity index (χ2v) is 5.31. The van der Waals surface area contributed by atoms with Crippen molar-refractivity contribution in [2.45, 2.75) is 25.9 Å². The summed E-state index contributed by atoms with van der Waals surface area (Å²) in [6.45, 7) is 3.61. The molecule has 5 heteroatoms. The smallest absolute Gasteiger partial charge is 0.261 e. The van der Waals surface area contributed by atoms with Gasteiger partial charge in [-0.1, -0.05) is 30.7 Å². The largest absolute Gasteiger partial charge is 0.375 e. The molecule has 0 aliphatic carbocycles. The zero-order valence-corrected chi connectivity index (χ0v) is 12.7. The van der Waals surface area contributed by atoms with Crippen LogP contribution in [-0.2, 0) is 10.4 Å². The molecule has 0 radical (unpaired) electrons. The zero-order valence-electron chi connectivity index (χ0n) is 11.9. The van der Waals surface area contributed by atoms with E-state index in [1.54, 1.807) is 49.6 Å². The van der Waals surface area contributed by atoms with Crippen molar-refractivity contribution >= 4 is 23.2 Å². The van der Waals surface area contributed by atoms with Crippen LogP contribution in [0.15, 0.2) is 42.7 Å². The van der Waals surface area contributed by atoms with Gasteiger partial charge in [-0.15, -0.1) is 0 Å². The maximum absolute atomic E-state index is 12.5. The lowest BCUT2D eigenvalue weighted by molar-refractivity contribution is -0.135. The molecule has 4 nitrogen and oxygen atoms in total. The molecule has 1 unspecified atom stereocenters. The van der Waals surface area contributed by atoms with Crippen molar-refractivity contribution < 1.29 is 9.90 Å². The summed E-state index contributed by atoms with van der Waals surface area (Å²) in [5.41, 5.74) is 0.295. The molecule has 0 bridgehead atoms. The fraction of sp³-hybridized carbons (Fsp3) is 0.250. The van der Waals surface area contributed by atoms with Crippen molar-refractivity contribution in [3.05, 3.63) is 58.9 Å². The Morgan fingerprint density at radius 1 is 1.43 bits per heavy atom. The molecule has 110 valence electrons. The molecule has 0 spiro atoms. The van der Waals surface area contributed by atoms with Crippen LogP contribution in [0.25, 0.3) is 0 Å². The second-order valence-electron chi connectivity index (χ2n) is 4.87. The van der Waals surface area contributed by atoms with Crippen LogP contribution in [0.2, 0.25) is 5.02 Å². The van der Waals surface area contributed by atoms with Crippen LogP contribution < -0.4 is 5.32 Å². The fourth-order valence-electron chi connectivity index (χ4n) is 2.06. The van der Waals surface area contributed by atoms with E-state index in [0.29, 0.717) is 16.3 Å². The number of amides is 1. The lowest BCUT2D eigenvalue weighted by atomic mass is 9.90. The Kier molecular flexibility index (Phi) is 4.60. The number of hydrogen-bond acceptors (Lipinski definition) is 3. The van der Waals surface area contributed by atoms with E-state index in [9.17, 15) is 9.90 Å². The topological polar surface area (TPSA) is 62.2 Å². The number of rotatable bonds is 4. The molecule has 0 saturated heterocycles. The average molecular weight is 305 g/mol. The van der Waals surface area contributed by atoms with Gasteiger partial charge >= 0.3 is 0 Å². The zero-order chi connectivity index (χ0) is 15.5. The summed E-state index contributed by atoms with van der Waals surface area (Å²) in [6.07, 6.45) is 3.44. The number of anilines is 1. The van der Waals surface area contributed by atoms with E-state index >= 15 is 0 Å². The molecule has 0 aliphatic heterocycles. The van der Waals surface area contributed by atoms with E-state index in [0.717, 1.165) is 5.56 Å². The Morgan fingerprint density at radius 2 is 2.19 bits per heavy atom. The third kappa shape index (κ3) is 3.23. The molecule has 2 aromatic rings. The summed E-state index contributed by atoms with van der Waals surface area (Å²) in [7, 11) is 0. The summed E-state index contributed by atoms with van der Waals surface area (Å²) >= 11 is 5.95. The summed E-state index contributed by atoms with van der Waals surface area (Å²) in [5, 5.41) is 13.9. The second kappa shape index (κ2) is 6.24. The lowest BCUT2D eigenvalue weighted by Crippen LogP contribution is -2.40. The standard InChI is InChI=1S/C16H17ClN2O2/c1-3-16(21,12-5-4-6-13(17)9-12)15(20)19-14-10-18-8-7-11(14)2/h4-10,21H,3H2,1-2H3,(H,19,20). The van der Waals surface area contributed by atoms with Crippen molar-refractivity contribution in [1.82, 2.24) is 4.98 Å². The summed E-state index contributed by atoms with van der Waals surface area (Å²) < 4.78 is 0. The minimum Gasteiger partial charge on any atom is -0.375 e. The number of nitrogens with zero attached hydrogens (tertiary/aromatic N) is 1. The van der Waals surface area contributed by atoms with Gasteiger partial charge in [0.2, 0.25) is 0 Å². The number of hydrogen-bond donors (Lipinski definition) is 2. The highest BCUT2D eigenvalue weighted by Gasteiger charge is 2.36. The number of aryl methyl sites for hydroxylation is 1. The van der Waals surface area contributed by atoms with E-state index in [1.807, 2.05) is 6.92 Å². The quantitative estimate of drug-likeness (QED) is 0.911. The molecule has 2 N–H and O–H groups in total. The first-order valence-corrected chi connectivity index (χ1v) is 7.05. The maximum atomic E-state index is 12.5. The average Bonchev–Trinajstić information content (AvgIpc) is 2.48. The number of halogens is 1. The van der Waals surface area contributed by atoms with E-state index in [4.69, 9.17) is 11.6 Å². The number of aliphatic hydroxyl groups is 1. The molecule has 1 atom stereocenters. The number of benzene rings is 1. The molecular formula is C16H17ClN2O2. The molecule has 1 aromatic carbocycles. The van der Waals surface area contributed by atoms with Crippen LogP contribution in [0.5, 0.6) is 0 Å². The molecule has 2 rings (SSSR count). The molecule has 1 amide bonds. The van der Waals surface area contributed by atoms with Gasteiger partial charge in [-0.25, -0.2) is 0 Å². The molecule has 0 aliphatic rings. The van der Waals surface area contributed by atoms with E-state index in [-0.39, 0.29) is 6.42 Å². The van der Waals surface area contributed by atoms with Crippen LogP contribution >= 0.6 is 11.6 Å². The predicted octanol–water partition coefficient (Wildman–Crippen LogP) is 3.28. The van der Waals surface area contributed by atoms with Crippen LogP contribution in [0, 0.1) is 6.92 Å². The lowest BCUT2D eigenvalue weighted by Gasteiger charge is -2.26. The summed E-state index contributed by atoms with van der Waals surface area (Å²) in [4.78, 5) is 16.5. The van der Waals surface area contributed by atoms with Crippen LogP contribution in [0.3, 0.4) is 0 Å². The highest BCUT2D eigenvalue weighted by molar-refractivity contribution is 6.30. The molecule has 21 heavy (non-hydrogen) atoms. The van der Waals surface area contributed by atoms with Gasteiger partial charge in [0.25, 0.3) is 5.91 Å². The molecule has 1 aromatic heterocycles. The maximum Gasteiger partial charge on any atom is 0.261 e. The first kappa shape index (κ1) is 15.5. The SMILES string of the molecule is CCC(O)(C(=O)Nc1cnccc1C)c1cccc(Cl)c1. The van der Waals surface area contributed by atoms with Gasteiger partial charge in [-0.2, -0.15) is 0 Å². The number of carbonyl (C=O) groups excluding carboxylic acids is 1. The highest BCUT2D eigenvalue weighted by atomic mass is 35.5.